The molecule has 4 nitrogen and oxygen atoms in total. The van der Waals surface area contributed by atoms with Gasteiger partial charge in [-0.25, -0.2) is 0 Å². The van der Waals surface area contributed by atoms with Crippen molar-refractivity contribution in [1.82, 2.24) is 9.80 Å². The highest BCUT2D eigenvalue weighted by Crippen LogP contribution is 2.10. The van der Waals surface area contributed by atoms with E-state index in [1.165, 1.54) is 6.42 Å². The van der Waals surface area contributed by atoms with Crippen LogP contribution in [0.15, 0.2) is 0 Å². The first-order chi connectivity index (χ1) is 7.63. The number of hydrogen-bond acceptors (Lipinski definition) is 3. The van der Waals surface area contributed by atoms with Gasteiger partial charge in [0.1, 0.15) is 0 Å². The highest BCUT2D eigenvalue weighted by atomic mass is 16.3. The molecule has 1 atom stereocenters. The van der Waals surface area contributed by atoms with Crippen LogP contribution in [-0.4, -0.2) is 60.1 Å². The van der Waals surface area contributed by atoms with Gasteiger partial charge in [-0.1, -0.05) is 13.3 Å². The molecule has 0 aromatic heterocycles. The van der Waals surface area contributed by atoms with Gasteiger partial charge in [0, 0.05) is 26.1 Å². The number of carbonyl (C=O) groups is 1. The molecule has 1 amide bonds. The van der Waals surface area contributed by atoms with E-state index in [-0.39, 0.29) is 5.91 Å². The molecule has 1 heterocycles. The van der Waals surface area contributed by atoms with Gasteiger partial charge < -0.3 is 14.9 Å². The lowest BCUT2D eigenvalue weighted by molar-refractivity contribution is -0.129. The van der Waals surface area contributed by atoms with Crippen molar-refractivity contribution in [2.24, 2.45) is 0 Å². The van der Waals surface area contributed by atoms with E-state index in [1.54, 1.807) is 4.90 Å². The Labute approximate surface area is 98.2 Å². The molecule has 0 radical (unpaired) electrons. The van der Waals surface area contributed by atoms with E-state index in [2.05, 4.69) is 11.8 Å². The van der Waals surface area contributed by atoms with Crippen molar-refractivity contribution < 1.29 is 9.90 Å². The molecule has 1 rings (SSSR count). The molecule has 0 aromatic rings. The molecule has 1 aliphatic rings. The van der Waals surface area contributed by atoms with E-state index in [0.717, 1.165) is 25.9 Å². The number of carbonyl (C=O) groups excluding carboxylic acids is 1. The number of likely N-dealkylation sites (N-methyl/N-ethyl adjacent to an activating group) is 1. The first-order valence-corrected chi connectivity index (χ1v) is 6.28. The Morgan fingerprint density at radius 1 is 1.56 bits per heavy atom. The van der Waals surface area contributed by atoms with Crippen molar-refractivity contribution in [3.63, 3.8) is 0 Å². The maximum Gasteiger partial charge on any atom is 0.222 e. The molecule has 16 heavy (non-hydrogen) atoms. The van der Waals surface area contributed by atoms with E-state index in [1.807, 2.05) is 7.05 Å². The van der Waals surface area contributed by atoms with E-state index >= 15 is 0 Å². The molecule has 0 spiro atoms. The quantitative estimate of drug-likeness (QED) is 0.697. The summed E-state index contributed by atoms with van der Waals surface area (Å²) in [4.78, 5) is 15.3. The van der Waals surface area contributed by atoms with E-state index in [0.29, 0.717) is 19.5 Å². The lowest BCUT2D eigenvalue weighted by Crippen LogP contribution is -2.39. The summed E-state index contributed by atoms with van der Waals surface area (Å²) in [6, 6.07) is 0. The van der Waals surface area contributed by atoms with Crippen LogP contribution in [0.2, 0.25) is 0 Å². The zero-order chi connectivity index (χ0) is 12.0. The third kappa shape index (κ3) is 4.49. The van der Waals surface area contributed by atoms with Crippen molar-refractivity contribution in [3.8, 4) is 0 Å². The number of aliphatic hydroxyl groups is 1. The van der Waals surface area contributed by atoms with Gasteiger partial charge >= 0.3 is 0 Å². The maximum atomic E-state index is 11.4. The zero-order valence-electron chi connectivity index (χ0n) is 10.5. The third-order valence-electron chi connectivity index (χ3n) is 3.02. The van der Waals surface area contributed by atoms with Crippen LogP contribution in [0.1, 0.15) is 32.6 Å². The lowest BCUT2D eigenvalue weighted by atomic mass is 10.2. The van der Waals surface area contributed by atoms with Crippen LogP contribution < -0.4 is 0 Å². The number of nitrogens with zero attached hydrogens (tertiary/aromatic N) is 2. The lowest BCUT2D eigenvalue weighted by Gasteiger charge is -2.24. The minimum Gasteiger partial charge on any atom is -0.390 e. The number of unbranched alkanes of at least 4 members (excludes halogenated alkanes) is 1. The number of hydrogen-bond donors (Lipinski definition) is 1. The van der Waals surface area contributed by atoms with Gasteiger partial charge in [-0.15, -0.1) is 0 Å². The Hall–Kier alpha value is -0.610. The largest absolute Gasteiger partial charge is 0.390 e. The summed E-state index contributed by atoms with van der Waals surface area (Å²) in [6.07, 6.45) is 3.51. The molecule has 1 fully saturated rings. The Bertz CT molecular complexity index is 221. The number of aliphatic hydroxyl groups excluding tert-OH is 1. The third-order valence-corrected chi connectivity index (χ3v) is 3.02. The Kier molecular flexibility index (Phi) is 5.77. The Morgan fingerprint density at radius 3 is 2.88 bits per heavy atom. The first-order valence-electron chi connectivity index (χ1n) is 6.28. The monoisotopic (exact) mass is 228 g/mol. The van der Waals surface area contributed by atoms with Gasteiger partial charge in [-0.3, -0.25) is 4.79 Å². The number of likely N-dealkylation sites (tertiary alicyclic amines) is 1. The summed E-state index contributed by atoms with van der Waals surface area (Å²) in [6.45, 7) is 5.14. The minimum atomic E-state index is -0.413. The normalized spacial score (nSPS) is 18.5. The molecule has 1 N–H and O–H groups in total. The summed E-state index contributed by atoms with van der Waals surface area (Å²) in [5.41, 5.74) is 0. The minimum absolute atomic E-state index is 0.190. The molecular weight excluding hydrogens is 204 g/mol. The average molecular weight is 228 g/mol. The number of rotatable bonds is 7. The molecule has 0 aromatic carbocycles. The molecule has 0 saturated carbocycles. The van der Waals surface area contributed by atoms with E-state index in [9.17, 15) is 9.90 Å². The van der Waals surface area contributed by atoms with Crippen LogP contribution in [0.4, 0.5) is 0 Å². The molecule has 1 aliphatic heterocycles. The maximum absolute atomic E-state index is 11.4. The Balaban J connectivity index is 2.19. The smallest absolute Gasteiger partial charge is 0.222 e. The fraction of sp³-hybridized carbons (Fsp3) is 0.917. The van der Waals surface area contributed by atoms with Crippen LogP contribution in [0.3, 0.4) is 0 Å². The van der Waals surface area contributed by atoms with Crippen LogP contribution in [0, 0.1) is 0 Å². The van der Waals surface area contributed by atoms with Gasteiger partial charge in [-0.2, -0.15) is 0 Å². The molecule has 4 heteroatoms. The molecule has 1 unspecified atom stereocenters. The van der Waals surface area contributed by atoms with Crippen molar-refractivity contribution in [2.75, 3.05) is 33.2 Å². The van der Waals surface area contributed by atoms with Gasteiger partial charge in [0.25, 0.3) is 0 Å². The van der Waals surface area contributed by atoms with Crippen LogP contribution in [0.5, 0.6) is 0 Å². The summed E-state index contributed by atoms with van der Waals surface area (Å²) in [7, 11) is 2.02. The van der Waals surface area contributed by atoms with Gasteiger partial charge in [-0.05, 0) is 26.4 Å². The highest BCUT2D eigenvalue weighted by Gasteiger charge is 2.22. The SMILES string of the molecule is CCCCN(C)CC(O)CN1CCCC1=O. The second kappa shape index (κ2) is 6.86. The predicted octanol–water partition coefficient (Wildman–Crippen LogP) is 0.702. The average Bonchev–Trinajstić information content (AvgIpc) is 2.61. The fourth-order valence-corrected chi connectivity index (χ4v) is 2.09. The van der Waals surface area contributed by atoms with Gasteiger partial charge in [0.15, 0.2) is 0 Å². The second-order valence-electron chi connectivity index (χ2n) is 4.71. The molecule has 0 aliphatic carbocycles. The molecule has 0 bridgehead atoms. The summed E-state index contributed by atoms with van der Waals surface area (Å²) < 4.78 is 0. The van der Waals surface area contributed by atoms with E-state index < -0.39 is 6.10 Å². The number of β-amino-alcohol motifs (C(OH)–C–C–N with tert-alkyl or cyclic N) is 1. The van der Waals surface area contributed by atoms with Crippen LogP contribution in [0.25, 0.3) is 0 Å². The van der Waals surface area contributed by atoms with Crippen molar-refractivity contribution >= 4 is 5.91 Å². The van der Waals surface area contributed by atoms with Crippen molar-refractivity contribution in [2.45, 2.75) is 38.7 Å². The summed E-state index contributed by atoms with van der Waals surface area (Å²) in [5.74, 6) is 0.190. The summed E-state index contributed by atoms with van der Waals surface area (Å²) >= 11 is 0. The van der Waals surface area contributed by atoms with Crippen LogP contribution >= 0.6 is 0 Å². The highest BCUT2D eigenvalue weighted by molar-refractivity contribution is 5.78. The topological polar surface area (TPSA) is 43.8 Å². The van der Waals surface area contributed by atoms with Gasteiger partial charge in [0.2, 0.25) is 5.91 Å². The first kappa shape index (κ1) is 13.5. The number of amides is 1. The van der Waals surface area contributed by atoms with Crippen molar-refractivity contribution in [1.29, 1.82) is 0 Å². The van der Waals surface area contributed by atoms with Crippen molar-refractivity contribution in [3.05, 3.63) is 0 Å². The van der Waals surface area contributed by atoms with E-state index in [4.69, 9.17) is 0 Å². The molecule has 94 valence electrons. The molecular formula is C12H24N2O2. The second-order valence-corrected chi connectivity index (χ2v) is 4.71. The predicted molar refractivity (Wildman–Crippen MR) is 64.2 cm³/mol. The standard InChI is InChI=1S/C12H24N2O2/c1-3-4-7-13(2)9-11(15)10-14-8-5-6-12(14)16/h11,15H,3-10H2,1-2H3. The molecule has 1 saturated heterocycles. The Morgan fingerprint density at radius 2 is 2.31 bits per heavy atom. The summed E-state index contributed by atoms with van der Waals surface area (Å²) in [5, 5.41) is 9.86. The van der Waals surface area contributed by atoms with Crippen LogP contribution in [-0.2, 0) is 4.79 Å². The van der Waals surface area contributed by atoms with Gasteiger partial charge in [0.05, 0.1) is 6.10 Å². The fourth-order valence-electron chi connectivity index (χ4n) is 2.09. The zero-order valence-corrected chi connectivity index (χ0v) is 10.5.